The van der Waals surface area contributed by atoms with Crippen molar-refractivity contribution < 1.29 is 4.74 Å². The number of nitrogens with one attached hydrogen (secondary N) is 2. The molecule has 0 bridgehead atoms. The number of hydrogen-bond acceptors (Lipinski definition) is 4. The predicted octanol–water partition coefficient (Wildman–Crippen LogP) is 1.44. The molecule has 14 heavy (non-hydrogen) atoms. The highest BCUT2D eigenvalue weighted by Crippen LogP contribution is 2.15. The Balaban J connectivity index is 1.94. The van der Waals surface area contributed by atoms with Crippen molar-refractivity contribution in [1.82, 2.24) is 15.8 Å². The lowest BCUT2D eigenvalue weighted by molar-refractivity contribution is 0.172. The van der Waals surface area contributed by atoms with Gasteiger partial charge in [-0.3, -0.25) is 5.43 Å². The maximum Gasteiger partial charge on any atom is 0.214 e. The van der Waals surface area contributed by atoms with Crippen molar-refractivity contribution in [2.45, 2.75) is 25.6 Å². The second-order valence-corrected chi connectivity index (χ2v) is 4.26. The zero-order chi connectivity index (χ0) is 9.97. The molecule has 5 heteroatoms. The van der Waals surface area contributed by atoms with Gasteiger partial charge in [0, 0.05) is 29.2 Å². The van der Waals surface area contributed by atoms with Gasteiger partial charge in [-0.15, -0.1) is 0 Å². The van der Waals surface area contributed by atoms with Gasteiger partial charge in [-0.05, 0) is 28.9 Å². The van der Waals surface area contributed by atoms with Crippen LogP contribution in [-0.4, -0.2) is 17.3 Å². The van der Waals surface area contributed by atoms with E-state index in [0.717, 1.165) is 10.9 Å². The number of hydrogen-bond donors (Lipinski definition) is 2. The Labute approximate surface area is 91.2 Å². The molecule has 0 radical (unpaired) electrons. The van der Waals surface area contributed by atoms with Crippen LogP contribution in [0.5, 0.6) is 5.88 Å². The smallest absolute Gasteiger partial charge is 0.214 e. The minimum atomic E-state index is 0.0127. The van der Waals surface area contributed by atoms with Gasteiger partial charge in [0.1, 0.15) is 0 Å². The van der Waals surface area contributed by atoms with E-state index in [4.69, 9.17) is 4.74 Å². The van der Waals surface area contributed by atoms with Crippen molar-refractivity contribution in [3.05, 3.63) is 22.8 Å². The van der Waals surface area contributed by atoms with E-state index in [-0.39, 0.29) is 6.23 Å². The quantitative estimate of drug-likeness (QED) is 0.842. The molecule has 1 aromatic heterocycles. The van der Waals surface area contributed by atoms with Gasteiger partial charge in [0.05, 0.1) is 0 Å². The molecular weight excluding hydrogens is 246 g/mol. The molecule has 1 aliphatic heterocycles. The van der Waals surface area contributed by atoms with Gasteiger partial charge in [-0.25, -0.2) is 10.4 Å². The van der Waals surface area contributed by atoms with Crippen LogP contribution in [0, 0.1) is 0 Å². The number of rotatable bonds is 2. The van der Waals surface area contributed by atoms with Crippen LogP contribution in [0.4, 0.5) is 0 Å². The molecule has 0 amide bonds. The van der Waals surface area contributed by atoms with E-state index < -0.39 is 0 Å². The van der Waals surface area contributed by atoms with Gasteiger partial charge >= 0.3 is 0 Å². The molecule has 0 spiro atoms. The van der Waals surface area contributed by atoms with Crippen molar-refractivity contribution in [1.29, 1.82) is 0 Å². The van der Waals surface area contributed by atoms with Crippen LogP contribution in [0.1, 0.15) is 13.3 Å². The van der Waals surface area contributed by atoms with Gasteiger partial charge in [0.25, 0.3) is 0 Å². The zero-order valence-electron chi connectivity index (χ0n) is 7.83. The third kappa shape index (κ3) is 2.43. The fraction of sp³-hybridized carbons (Fsp3) is 0.444. The van der Waals surface area contributed by atoms with E-state index >= 15 is 0 Å². The standard InChI is InChI=1S/C9H12BrN3O/c1-6-4-9(13-12-6)14-8-3-2-7(10)5-11-8/h2-3,5-6,9,12-13H,4H2,1H3. The number of hydrazine groups is 1. The van der Waals surface area contributed by atoms with Gasteiger partial charge in [-0.1, -0.05) is 0 Å². The van der Waals surface area contributed by atoms with Gasteiger partial charge in [0.2, 0.25) is 5.88 Å². The average molecular weight is 258 g/mol. The molecule has 2 heterocycles. The lowest BCUT2D eigenvalue weighted by Crippen LogP contribution is -2.35. The number of pyridine rings is 1. The fourth-order valence-corrected chi connectivity index (χ4v) is 1.56. The van der Waals surface area contributed by atoms with Gasteiger partial charge < -0.3 is 4.74 Å². The highest BCUT2D eigenvalue weighted by atomic mass is 79.9. The molecule has 2 N–H and O–H groups in total. The molecular formula is C9H12BrN3O. The van der Waals surface area contributed by atoms with Crippen molar-refractivity contribution in [2.75, 3.05) is 0 Å². The fourth-order valence-electron chi connectivity index (χ4n) is 1.33. The Morgan fingerprint density at radius 1 is 1.50 bits per heavy atom. The van der Waals surface area contributed by atoms with Crippen LogP contribution >= 0.6 is 15.9 Å². The van der Waals surface area contributed by atoms with Gasteiger partial charge in [-0.2, -0.15) is 0 Å². The number of halogens is 1. The normalized spacial score (nSPS) is 26.4. The van der Waals surface area contributed by atoms with E-state index in [1.54, 1.807) is 6.20 Å². The zero-order valence-corrected chi connectivity index (χ0v) is 9.41. The Bertz CT molecular complexity index is 303. The molecule has 0 aliphatic carbocycles. The molecule has 2 unspecified atom stereocenters. The Morgan fingerprint density at radius 2 is 2.36 bits per heavy atom. The van der Waals surface area contributed by atoms with E-state index in [1.165, 1.54) is 0 Å². The Morgan fingerprint density at radius 3 is 2.93 bits per heavy atom. The van der Waals surface area contributed by atoms with Crippen LogP contribution in [0.25, 0.3) is 0 Å². The summed E-state index contributed by atoms with van der Waals surface area (Å²) in [6.45, 7) is 2.10. The predicted molar refractivity (Wildman–Crippen MR) is 56.7 cm³/mol. The number of nitrogens with zero attached hydrogens (tertiary/aromatic N) is 1. The first-order chi connectivity index (χ1) is 6.74. The van der Waals surface area contributed by atoms with E-state index in [1.807, 2.05) is 12.1 Å². The summed E-state index contributed by atoms with van der Waals surface area (Å²) < 4.78 is 6.55. The summed E-state index contributed by atoms with van der Waals surface area (Å²) >= 11 is 3.32. The first-order valence-electron chi connectivity index (χ1n) is 4.53. The molecule has 0 saturated carbocycles. The van der Waals surface area contributed by atoms with E-state index in [9.17, 15) is 0 Å². The highest BCUT2D eigenvalue weighted by Gasteiger charge is 2.21. The van der Waals surface area contributed by atoms with Gasteiger partial charge in [0.15, 0.2) is 6.23 Å². The molecule has 0 aromatic carbocycles. The topological polar surface area (TPSA) is 46.2 Å². The van der Waals surface area contributed by atoms with Crippen LogP contribution in [0.3, 0.4) is 0 Å². The molecule has 1 aromatic rings. The summed E-state index contributed by atoms with van der Waals surface area (Å²) in [6, 6.07) is 4.19. The molecule has 1 saturated heterocycles. The van der Waals surface area contributed by atoms with Crippen LogP contribution in [-0.2, 0) is 0 Å². The first kappa shape index (κ1) is 9.89. The van der Waals surface area contributed by atoms with Crippen molar-refractivity contribution >= 4 is 15.9 Å². The summed E-state index contributed by atoms with van der Waals surface area (Å²) in [5.74, 6) is 0.640. The summed E-state index contributed by atoms with van der Waals surface area (Å²) in [5.41, 5.74) is 6.13. The first-order valence-corrected chi connectivity index (χ1v) is 5.32. The van der Waals surface area contributed by atoms with Crippen molar-refractivity contribution in [3.63, 3.8) is 0 Å². The lowest BCUT2D eigenvalue weighted by Gasteiger charge is -2.11. The third-order valence-corrected chi connectivity index (χ3v) is 2.49. The van der Waals surface area contributed by atoms with Crippen LogP contribution in [0.2, 0.25) is 0 Å². The second-order valence-electron chi connectivity index (χ2n) is 3.35. The van der Waals surface area contributed by atoms with E-state index in [2.05, 4.69) is 38.7 Å². The monoisotopic (exact) mass is 257 g/mol. The summed E-state index contributed by atoms with van der Waals surface area (Å²) in [5, 5.41) is 0. The Hall–Kier alpha value is -0.650. The molecule has 1 fully saturated rings. The largest absolute Gasteiger partial charge is 0.457 e. The molecule has 1 aliphatic rings. The molecule has 2 rings (SSSR count). The SMILES string of the molecule is CC1CC(Oc2ccc(Br)cn2)NN1. The van der Waals surface area contributed by atoms with Crippen LogP contribution in [0.15, 0.2) is 22.8 Å². The van der Waals surface area contributed by atoms with Crippen molar-refractivity contribution in [2.24, 2.45) is 0 Å². The number of ether oxygens (including phenoxy) is 1. The molecule has 2 atom stereocenters. The lowest BCUT2D eigenvalue weighted by atomic mass is 10.2. The average Bonchev–Trinajstić information content (AvgIpc) is 2.56. The minimum absolute atomic E-state index is 0.0127. The van der Waals surface area contributed by atoms with E-state index in [0.29, 0.717) is 11.9 Å². The van der Waals surface area contributed by atoms with Crippen LogP contribution < -0.4 is 15.6 Å². The summed E-state index contributed by atoms with van der Waals surface area (Å²) in [4.78, 5) is 4.13. The maximum atomic E-state index is 5.60. The summed E-state index contributed by atoms with van der Waals surface area (Å²) in [7, 11) is 0. The maximum absolute atomic E-state index is 5.60. The van der Waals surface area contributed by atoms with Crippen molar-refractivity contribution in [3.8, 4) is 5.88 Å². The number of aromatic nitrogens is 1. The second kappa shape index (κ2) is 4.25. The highest BCUT2D eigenvalue weighted by molar-refractivity contribution is 9.10. The third-order valence-electron chi connectivity index (χ3n) is 2.02. The Kier molecular flexibility index (Phi) is 3.00. The molecule has 4 nitrogen and oxygen atoms in total. The summed E-state index contributed by atoms with van der Waals surface area (Å²) in [6.07, 6.45) is 2.68. The molecule has 76 valence electrons. The minimum Gasteiger partial charge on any atom is -0.457 e.